The molecule has 0 bridgehead atoms. The van der Waals surface area contributed by atoms with Gasteiger partial charge in [-0.1, -0.05) is 29.8 Å². The number of aryl methyl sites for hydroxylation is 1. The van der Waals surface area contributed by atoms with Crippen molar-refractivity contribution in [3.05, 3.63) is 71.4 Å². The van der Waals surface area contributed by atoms with Crippen molar-refractivity contribution in [2.75, 3.05) is 6.61 Å². The van der Waals surface area contributed by atoms with Crippen LogP contribution in [0.3, 0.4) is 0 Å². The third kappa shape index (κ3) is 3.71. The number of carbonyl (C=O) groups is 1. The molecule has 0 aliphatic carbocycles. The minimum absolute atomic E-state index is 0.350. The summed E-state index contributed by atoms with van der Waals surface area (Å²) in [6.07, 6.45) is 1.53. The lowest BCUT2D eigenvalue weighted by Gasteiger charge is -2.08. The van der Waals surface area contributed by atoms with Crippen LogP contribution >= 0.6 is 0 Å². The summed E-state index contributed by atoms with van der Waals surface area (Å²) < 4.78 is 10.8. The number of aromatic nitrogens is 1. The molecule has 4 heteroatoms. The van der Waals surface area contributed by atoms with Crippen LogP contribution in [0.5, 0.6) is 5.75 Å². The van der Waals surface area contributed by atoms with E-state index in [2.05, 4.69) is 36.2 Å². The molecule has 0 unspecified atom stereocenters. The first-order chi connectivity index (χ1) is 11.7. The number of carbonyl (C=O) groups excluding carboxylic acids is 1. The number of hydrogen-bond donors (Lipinski definition) is 0. The third-order valence-electron chi connectivity index (χ3n) is 3.69. The number of pyridine rings is 1. The molecular formula is C20H19NO3. The summed E-state index contributed by atoms with van der Waals surface area (Å²) in [5, 5.41) is 0.878. The predicted octanol–water partition coefficient (Wildman–Crippen LogP) is 4.30. The Kier molecular flexibility index (Phi) is 4.75. The molecule has 0 radical (unpaired) electrons. The van der Waals surface area contributed by atoms with Gasteiger partial charge in [-0.2, -0.15) is 0 Å². The summed E-state index contributed by atoms with van der Waals surface area (Å²) in [4.78, 5) is 16.1. The number of rotatable bonds is 5. The van der Waals surface area contributed by atoms with Crippen molar-refractivity contribution in [1.29, 1.82) is 0 Å². The van der Waals surface area contributed by atoms with E-state index in [0.29, 0.717) is 18.8 Å². The second-order valence-electron chi connectivity index (χ2n) is 5.57. The number of benzene rings is 2. The van der Waals surface area contributed by atoms with Crippen molar-refractivity contribution in [1.82, 2.24) is 4.98 Å². The van der Waals surface area contributed by atoms with Crippen LogP contribution in [0.1, 0.15) is 28.4 Å². The quantitative estimate of drug-likeness (QED) is 0.657. The van der Waals surface area contributed by atoms with Crippen molar-refractivity contribution < 1.29 is 14.3 Å². The Morgan fingerprint density at radius 3 is 2.62 bits per heavy atom. The molecule has 0 atom stereocenters. The molecule has 0 saturated carbocycles. The van der Waals surface area contributed by atoms with Gasteiger partial charge >= 0.3 is 5.97 Å². The number of fused-ring (bicyclic) bond motifs is 1. The lowest BCUT2D eigenvalue weighted by molar-refractivity contribution is 0.0526. The molecule has 24 heavy (non-hydrogen) atoms. The maximum absolute atomic E-state index is 11.8. The van der Waals surface area contributed by atoms with E-state index in [1.54, 1.807) is 13.0 Å². The van der Waals surface area contributed by atoms with Gasteiger partial charge in [0.15, 0.2) is 0 Å². The summed E-state index contributed by atoms with van der Waals surface area (Å²) >= 11 is 0. The summed E-state index contributed by atoms with van der Waals surface area (Å²) in [5.41, 5.74) is 3.58. The Morgan fingerprint density at radius 2 is 1.88 bits per heavy atom. The van der Waals surface area contributed by atoms with Crippen molar-refractivity contribution >= 4 is 16.9 Å². The molecule has 0 fully saturated rings. The van der Waals surface area contributed by atoms with Gasteiger partial charge in [-0.05, 0) is 37.6 Å². The van der Waals surface area contributed by atoms with Gasteiger partial charge in [-0.25, -0.2) is 4.79 Å². The molecule has 0 saturated heterocycles. The van der Waals surface area contributed by atoms with Gasteiger partial charge in [0.05, 0.1) is 17.7 Å². The van der Waals surface area contributed by atoms with E-state index in [1.165, 1.54) is 11.8 Å². The van der Waals surface area contributed by atoms with Crippen LogP contribution in [0.15, 0.2) is 54.7 Å². The average molecular weight is 321 g/mol. The number of nitrogens with zero attached hydrogens (tertiary/aromatic N) is 1. The largest absolute Gasteiger partial charge is 0.489 e. The molecule has 1 heterocycles. The Morgan fingerprint density at radius 1 is 1.08 bits per heavy atom. The van der Waals surface area contributed by atoms with Crippen LogP contribution in [-0.4, -0.2) is 17.6 Å². The van der Waals surface area contributed by atoms with Crippen LogP contribution in [0.25, 0.3) is 10.9 Å². The molecule has 0 aliphatic heterocycles. The standard InChI is InChI=1S/C20H19NO3/c1-3-23-20(22)17-10-16-8-9-18(11-19(16)21-12-17)24-13-15-6-4-14(2)5-7-15/h4-12H,3,13H2,1-2H3. The van der Waals surface area contributed by atoms with Crippen LogP contribution in [0.2, 0.25) is 0 Å². The molecule has 4 nitrogen and oxygen atoms in total. The normalized spacial score (nSPS) is 10.6. The van der Waals surface area contributed by atoms with Crippen LogP contribution < -0.4 is 4.74 Å². The molecule has 0 amide bonds. The monoisotopic (exact) mass is 321 g/mol. The van der Waals surface area contributed by atoms with E-state index in [1.807, 2.05) is 18.2 Å². The molecule has 2 aromatic carbocycles. The van der Waals surface area contributed by atoms with Crippen LogP contribution in [-0.2, 0) is 11.3 Å². The highest BCUT2D eigenvalue weighted by atomic mass is 16.5. The molecule has 0 spiro atoms. The zero-order chi connectivity index (χ0) is 16.9. The van der Waals surface area contributed by atoms with Crippen molar-refractivity contribution in [3.63, 3.8) is 0 Å². The van der Waals surface area contributed by atoms with Crippen molar-refractivity contribution in [2.24, 2.45) is 0 Å². The van der Waals surface area contributed by atoms with Crippen LogP contribution in [0, 0.1) is 6.92 Å². The van der Waals surface area contributed by atoms with Gasteiger partial charge in [-0.15, -0.1) is 0 Å². The first-order valence-electron chi connectivity index (χ1n) is 7.91. The molecule has 1 aromatic heterocycles. The maximum Gasteiger partial charge on any atom is 0.339 e. The van der Waals surface area contributed by atoms with E-state index in [-0.39, 0.29) is 5.97 Å². The fourth-order valence-corrected chi connectivity index (χ4v) is 2.37. The Bertz CT molecular complexity index is 856. The minimum Gasteiger partial charge on any atom is -0.489 e. The minimum atomic E-state index is -0.355. The van der Waals surface area contributed by atoms with E-state index < -0.39 is 0 Å². The van der Waals surface area contributed by atoms with E-state index in [0.717, 1.165) is 22.2 Å². The molecular weight excluding hydrogens is 302 g/mol. The summed E-state index contributed by atoms with van der Waals surface area (Å²) in [5.74, 6) is 0.394. The van der Waals surface area contributed by atoms with Crippen LogP contribution in [0.4, 0.5) is 0 Å². The highest BCUT2D eigenvalue weighted by molar-refractivity contribution is 5.93. The van der Waals surface area contributed by atoms with Gasteiger partial charge in [0.2, 0.25) is 0 Å². The highest BCUT2D eigenvalue weighted by Gasteiger charge is 2.08. The lowest BCUT2D eigenvalue weighted by atomic mass is 10.1. The predicted molar refractivity (Wildman–Crippen MR) is 93.2 cm³/mol. The second kappa shape index (κ2) is 7.13. The van der Waals surface area contributed by atoms with Crippen molar-refractivity contribution in [2.45, 2.75) is 20.5 Å². The number of hydrogen-bond acceptors (Lipinski definition) is 4. The molecule has 3 rings (SSSR count). The SMILES string of the molecule is CCOC(=O)c1cnc2cc(OCc3ccc(C)cc3)ccc2c1. The van der Waals surface area contributed by atoms with E-state index in [9.17, 15) is 4.79 Å². The zero-order valence-electron chi connectivity index (χ0n) is 13.8. The molecule has 3 aromatic rings. The van der Waals surface area contributed by atoms with Gasteiger partial charge < -0.3 is 9.47 Å². The Labute approximate surface area is 141 Å². The zero-order valence-corrected chi connectivity index (χ0v) is 13.8. The van der Waals surface area contributed by atoms with Gasteiger partial charge in [0.25, 0.3) is 0 Å². The topological polar surface area (TPSA) is 48.4 Å². The summed E-state index contributed by atoms with van der Waals surface area (Å²) in [6.45, 7) is 4.70. The summed E-state index contributed by atoms with van der Waals surface area (Å²) in [7, 11) is 0. The maximum atomic E-state index is 11.8. The third-order valence-corrected chi connectivity index (χ3v) is 3.69. The first kappa shape index (κ1) is 16.0. The second-order valence-corrected chi connectivity index (χ2v) is 5.57. The molecule has 0 aliphatic rings. The van der Waals surface area contributed by atoms with E-state index >= 15 is 0 Å². The number of esters is 1. The number of ether oxygens (including phenoxy) is 2. The fourth-order valence-electron chi connectivity index (χ4n) is 2.37. The molecule has 122 valence electrons. The van der Waals surface area contributed by atoms with E-state index in [4.69, 9.17) is 9.47 Å². The van der Waals surface area contributed by atoms with Gasteiger partial charge in [-0.3, -0.25) is 4.98 Å². The lowest BCUT2D eigenvalue weighted by Crippen LogP contribution is -2.05. The highest BCUT2D eigenvalue weighted by Crippen LogP contribution is 2.21. The van der Waals surface area contributed by atoms with Gasteiger partial charge in [0, 0.05) is 17.6 Å². The molecule has 0 N–H and O–H groups in total. The van der Waals surface area contributed by atoms with Crippen molar-refractivity contribution in [3.8, 4) is 5.75 Å². The Balaban J connectivity index is 1.75. The van der Waals surface area contributed by atoms with Gasteiger partial charge in [0.1, 0.15) is 12.4 Å². The smallest absolute Gasteiger partial charge is 0.339 e. The first-order valence-corrected chi connectivity index (χ1v) is 7.91. The average Bonchev–Trinajstić information content (AvgIpc) is 2.61. The Hall–Kier alpha value is -2.88. The fraction of sp³-hybridized carbons (Fsp3) is 0.200. The summed E-state index contributed by atoms with van der Waals surface area (Å²) in [6, 6.07) is 15.7.